The average Bonchev–Trinajstić information content (AvgIpc) is 2.40. The molecule has 1 aromatic rings. The lowest BCUT2D eigenvalue weighted by atomic mass is 9.78. The van der Waals surface area contributed by atoms with Crippen molar-refractivity contribution in [1.29, 1.82) is 0 Å². The molecule has 0 aromatic heterocycles. The van der Waals surface area contributed by atoms with Gasteiger partial charge in [0.25, 0.3) is 0 Å². The first-order valence-electron chi connectivity index (χ1n) is 6.46. The lowest BCUT2D eigenvalue weighted by Crippen LogP contribution is -2.32. The van der Waals surface area contributed by atoms with Crippen molar-refractivity contribution in [2.24, 2.45) is 0 Å². The molecule has 1 aliphatic rings. The van der Waals surface area contributed by atoms with Gasteiger partial charge in [-0.05, 0) is 36.6 Å². The molecular weight excluding hydrogens is 314 g/mol. The molecule has 1 N–H and O–H groups in total. The number of carbonyl (C=O) groups excluding carboxylic acids is 1. The van der Waals surface area contributed by atoms with Crippen LogP contribution in [0.3, 0.4) is 0 Å². The monoisotopic (exact) mass is 326 g/mol. The Hall–Kier alpha value is -1.57. The Labute approximate surface area is 121 Å². The molecule has 8 heteroatoms. The molecule has 122 valence electrons. The Kier molecular flexibility index (Phi) is 4.01. The van der Waals surface area contributed by atoms with Gasteiger partial charge in [-0.25, -0.2) is 0 Å². The summed E-state index contributed by atoms with van der Waals surface area (Å²) in [5, 5.41) is 10.4. The van der Waals surface area contributed by atoms with E-state index in [4.69, 9.17) is 0 Å². The van der Waals surface area contributed by atoms with E-state index in [-0.39, 0.29) is 37.5 Å². The SMILES string of the molecule is O=C1CCC(O)(c2cc(C(F)(F)F)cc(C(F)(F)F)c2)CC1. The highest BCUT2D eigenvalue weighted by Gasteiger charge is 2.41. The molecular formula is C14H12F6O2. The van der Waals surface area contributed by atoms with Crippen LogP contribution in [-0.4, -0.2) is 10.9 Å². The zero-order chi connectivity index (χ0) is 16.8. The number of Topliss-reactive ketones (excluding diaryl/α,β-unsaturated/α-hetero) is 1. The van der Waals surface area contributed by atoms with Crippen LogP contribution in [0.2, 0.25) is 0 Å². The van der Waals surface area contributed by atoms with Crippen LogP contribution in [0.5, 0.6) is 0 Å². The van der Waals surface area contributed by atoms with E-state index in [1.165, 1.54) is 0 Å². The Bertz CT molecular complexity index is 546. The van der Waals surface area contributed by atoms with E-state index in [0.29, 0.717) is 12.1 Å². The molecule has 2 rings (SSSR count). The van der Waals surface area contributed by atoms with Gasteiger partial charge in [-0.3, -0.25) is 4.79 Å². The maximum Gasteiger partial charge on any atom is 0.416 e. The number of alkyl halides is 6. The second-order valence-corrected chi connectivity index (χ2v) is 5.36. The molecule has 0 unspecified atom stereocenters. The number of aliphatic hydroxyl groups is 1. The molecule has 0 heterocycles. The summed E-state index contributed by atoms with van der Waals surface area (Å²) in [6.07, 6.45) is -10.5. The maximum atomic E-state index is 12.8. The molecule has 0 aliphatic heterocycles. The van der Waals surface area contributed by atoms with E-state index >= 15 is 0 Å². The summed E-state index contributed by atoms with van der Waals surface area (Å²) in [7, 11) is 0. The third-order valence-corrected chi connectivity index (χ3v) is 3.76. The lowest BCUT2D eigenvalue weighted by molar-refractivity contribution is -0.143. The molecule has 0 saturated heterocycles. The zero-order valence-electron chi connectivity index (χ0n) is 11.2. The number of rotatable bonds is 1. The Morgan fingerprint density at radius 2 is 1.27 bits per heavy atom. The second-order valence-electron chi connectivity index (χ2n) is 5.36. The van der Waals surface area contributed by atoms with Gasteiger partial charge in [-0.2, -0.15) is 26.3 Å². The lowest BCUT2D eigenvalue weighted by Gasteiger charge is -2.33. The van der Waals surface area contributed by atoms with Gasteiger partial charge in [0.1, 0.15) is 5.78 Å². The number of ketones is 1. The number of hydrogen-bond donors (Lipinski definition) is 1. The van der Waals surface area contributed by atoms with Gasteiger partial charge in [-0.1, -0.05) is 0 Å². The molecule has 0 atom stereocenters. The van der Waals surface area contributed by atoms with Crippen LogP contribution in [0.25, 0.3) is 0 Å². The summed E-state index contributed by atoms with van der Waals surface area (Å²) >= 11 is 0. The zero-order valence-corrected chi connectivity index (χ0v) is 11.2. The quantitative estimate of drug-likeness (QED) is 0.791. The van der Waals surface area contributed by atoms with Gasteiger partial charge < -0.3 is 5.11 Å². The van der Waals surface area contributed by atoms with E-state index in [9.17, 15) is 36.2 Å². The normalized spacial score (nSPS) is 19.3. The van der Waals surface area contributed by atoms with E-state index in [1.807, 2.05) is 0 Å². The highest BCUT2D eigenvalue weighted by Crippen LogP contribution is 2.42. The van der Waals surface area contributed by atoms with Crippen molar-refractivity contribution in [1.82, 2.24) is 0 Å². The molecule has 1 aromatic carbocycles. The molecule has 0 bridgehead atoms. The van der Waals surface area contributed by atoms with Gasteiger partial charge in [0.05, 0.1) is 16.7 Å². The van der Waals surface area contributed by atoms with Gasteiger partial charge in [0.2, 0.25) is 0 Å². The van der Waals surface area contributed by atoms with Crippen LogP contribution in [0.1, 0.15) is 42.4 Å². The first-order valence-corrected chi connectivity index (χ1v) is 6.46. The Morgan fingerprint density at radius 1 is 0.864 bits per heavy atom. The summed E-state index contributed by atoms with van der Waals surface area (Å²) in [4.78, 5) is 11.2. The minimum Gasteiger partial charge on any atom is -0.385 e. The second kappa shape index (κ2) is 5.26. The summed E-state index contributed by atoms with van der Waals surface area (Å²) in [5.74, 6) is -0.173. The summed E-state index contributed by atoms with van der Waals surface area (Å²) in [6, 6.07) is 1.05. The largest absolute Gasteiger partial charge is 0.416 e. The van der Waals surface area contributed by atoms with Crippen molar-refractivity contribution >= 4 is 5.78 Å². The molecule has 0 radical (unpaired) electrons. The highest BCUT2D eigenvalue weighted by molar-refractivity contribution is 5.79. The predicted octanol–water partition coefficient (Wildman–Crippen LogP) is 4.05. The molecule has 0 spiro atoms. The first kappa shape index (κ1) is 16.8. The number of hydrogen-bond acceptors (Lipinski definition) is 2. The van der Waals surface area contributed by atoms with Crippen molar-refractivity contribution in [3.8, 4) is 0 Å². The molecule has 1 fully saturated rings. The third kappa shape index (κ3) is 3.43. The van der Waals surface area contributed by atoms with Crippen LogP contribution in [0.4, 0.5) is 26.3 Å². The highest BCUT2D eigenvalue weighted by atomic mass is 19.4. The number of carbonyl (C=O) groups is 1. The molecule has 0 amide bonds. The maximum absolute atomic E-state index is 12.8. The molecule has 1 aliphatic carbocycles. The topological polar surface area (TPSA) is 37.3 Å². The van der Waals surface area contributed by atoms with Gasteiger partial charge in [0, 0.05) is 12.8 Å². The van der Waals surface area contributed by atoms with Gasteiger partial charge >= 0.3 is 12.4 Å². The van der Waals surface area contributed by atoms with Crippen LogP contribution in [0.15, 0.2) is 18.2 Å². The fourth-order valence-corrected chi connectivity index (χ4v) is 2.45. The van der Waals surface area contributed by atoms with Crippen molar-refractivity contribution < 1.29 is 36.2 Å². The van der Waals surface area contributed by atoms with Gasteiger partial charge in [0.15, 0.2) is 0 Å². The van der Waals surface area contributed by atoms with E-state index < -0.39 is 34.6 Å². The minimum absolute atomic E-state index is 0.0147. The van der Waals surface area contributed by atoms with Crippen LogP contribution >= 0.6 is 0 Å². The smallest absolute Gasteiger partial charge is 0.385 e. The standard InChI is InChI=1S/C14H12F6O2/c15-13(16,17)9-5-8(6-10(7-9)14(18,19)20)12(22)3-1-11(21)2-4-12/h5-7,22H,1-4H2. The molecule has 22 heavy (non-hydrogen) atoms. The number of halogens is 6. The van der Waals surface area contributed by atoms with Crippen LogP contribution in [-0.2, 0) is 22.7 Å². The minimum atomic E-state index is -4.96. The van der Waals surface area contributed by atoms with Crippen molar-refractivity contribution in [3.63, 3.8) is 0 Å². The third-order valence-electron chi connectivity index (χ3n) is 3.76. The first-order chi connectivity index (χ1) is 9.92. The van der Waals surface area contributed by atoms with Crippen molar-refractivity contribution in [3.05, 3.63) is 34.9 Å². The Balaban J connectivity index is 2.53. The van der Waals surface area contributed by atoms with Crippen molar-refractivity contribution in [2.75, 3.05) is 0 Å². The fourth-order valence-electron chi connectivity index (χ4n) is 2.45. The molecule has 2 nitrogen and oxygen atoms in total. The van der Waals surface area contributed by atoms with Crippen LogP contribution in [0, 0.1) is 0 Å². The summed E-state index contributed by atoms with van der Waals surface area (Å²) in [5.41, 5.74) is -5.25. The summed E-state index contributed by atoms with van der Waals surface area (Å²) in [6.45, 7) is 0. The number of benzene rings is 1. The average molecular weight is 326 g/mol. The molecule has 1 saturated carbocycles. The fraction of sp³-hybridized carbons (Fsp3) is 0.500. The Morgan fingerprint density at radius 3 is 1.64 bits per heavy atom. The van der Waals surface area contributed by atoms with E-state index in [1.54, 1.807) is 0 Å². The van der Waals surface area contributed by atoms with E-state index in [0.717, 1.165) is 0 Å². The van der Waals surface area contributed by atoms with Gasteiger partial charge in [-0.15, -0.1) is 0 Å². The summed E-state index contributed by atoms with van der Waals surface area (Å²) < 4.78 is 76.7. The van der Waals surface area contributed by atoms with Crippen molar-refractivity contribution in [2.45, 2.75) is 43.6 Å². The van der Waals surface area contributed by atoms with E-state index in [2.05, 4.69) is 0 Å². The van der Waals surface area contributed by atoms with Crippen LogP contribution < -0.4 is 0 Å². The predicted molar refractivity (Wildman–Crippen MR) is 63.8 cm³/mol.